The molecule has 0 saturated heterocycles. The average molecular weight is 375 g/mol. The summed E-state index contributed by atoms with van der Waals surface area (Å²) in [5.74, 6) is 0. The molecule has 0 aromatic carbocycles. The number of hydrogen-bond acceptors (Lipinski definition) is 1. The Hall–Kier alpha value is 0.499. The Morgan fingerprint density at radius 2 is 1.32 bits per heavy atom. The van der Waals surface area contributed by atoms with Crippen molar-refractivity contribution in [2.24, 2.45) is 0 Å². The zero-order valence-corrected chi connectivity index (χ0v) is 16.8. The summed E-state index contributed by atoms with van der Waals surface area (Å²) in [4.78, 5) is 0. The van der Waals surface area contributed by atoms with Crippen molar-refractivity contribution in [3.05, 3.63) is 9.67 Å². The monoisotopic (exact) mass is 376 g/mol. The number of unbranched alkanes of at least 4 members (excludes halogenated alkanes) is 3. The second kappa shape index (κ2) is 11.2. The molecule has 0 bridgehead atoms. The summed E-state index contributed by atoms with van der Waals surface area (Å²) in [5, 5.41) is 9.72. The van der Waals surface area contributed by atoms with Gasteiger partial charge in [0.2, 0.25) is 0 Å². The third kappa shape index (κ3) is 7.74. The van der Waals surface area contributed by atoms with Crippen LogP contribution in [-0.4, -0.2) is 29.6 Å². The van der Waals surface area contributed by atoms with Gasteiger partial charge in [0.15, 0.2) is 0 Å². The second-order valence-electron chi connectivity index (χ2n) is 6.18. The van der Waals surface area contributed by atoms with Crippen LogP contribution in [0.15, 0.2) is 9.67 Å². The molecule has 0 radical (unpaired) electrons. The van der Waals surface area contributed by atoms with E-state index in [0.717, 1.165) is 0 Å². The van der Waals surface area contributed by atoms with E-state index in [2.05, 4.69) is 33.8 Å². The van der Waals surface area contributed by atoms with Crippen LogP contribution in [0.5, 0.6) is 0 Å². The molecule has 0 aromatic rings. The van der Waals surface area contributed by atoms with Crippen molar-refractivity contribution in [2.45, 2.75) is 92.6 Å². The van der Waals surface area contributed by atoms with Crippen molar-refractivity contribution >= 4 is 18.4 Å². The van der Waals surface area contributed by atoms with Gasteiger partial charge in [-0.15, -0.1) is 0 Å². The summed E-state index contributed by atoms with van der Waals surface area (Å²) in [6.45, 7) is 11.2. The van der Waals surface area contributed by atoms with Gasteiger partial charge in [0.05, 0.1) is 0 Å². The van der Waals surface area contributed by atoms with Crippen molar-refractivity contribution in [1.82, 2.24) is 0 Å². The van der Waals surface area contributed by atoms with Gasteiger partial charge in [-0.05, 0) is 0 Å². The number of hydrogen-bond donors (Lipinski definition) is 1. The van der Waals surface area contributed by atoms with Crippen LogP contribution in [0.2, 0.25) is 13.3 Å². The van der Waals surface area contributed by atoms with Gasteiger partial charge in [-0.2, -0.15) is 0 Å². The third-order valence-electron chi connectivity index (χ3n) is 4.35. The molecule has 114 valence electrons. The van der Waals surface area contributed by atoms with E-state index in [1.54, 1.807) is 3.59 Å². The fourth-order valence-electron chi connectivity index (χ4n) is 3.05. The van der Waals surface area contributed by atoms with E-state index in [1.807, 2.05) is 6.92 Å². The summed E-state index contributed by atoms with van der Waals surface area (Å²) < 4.78 is 6.14. The Morgan fingerprint density at radius 1 is 0.947 bits per heavy atom. The number of allylic oxidation sites excluding steroid dienone is 1. The Bertz CT molecular complexity index is 224. The van der Waals surface area contributed by atoms with Crippen LogP contribution < -0.4 is 0 Å². The van der Waals surface area contributed by atoms with Gasteiger partial charge in [-0.3, -0.25) is 0 Å². The molecule has 0 fully saturated rings. The molecule has 1 nitrogen and oxygen atoms in total. The first kappa shape index (κ1) is 19.5. The molecule has 1 unspecified atom stereocenters. The van der Waals surface area contributed by atoms with Crippen LogP contribution in [0.1, 0.15) is 73.1 Å². The quantitative estimate of drug-likeness (QED) is 0.459. The summed E-state index contributed by atoms with van der Waals surface area (Å²) >= 11 is -2.18. The van der Waals surface area contributed by atoms with E-state index >= 15 is 0 Å². The van der Waals surface area contributed by atoms with Crippen molar-refractivity contribution < 1.29 is 5.11 Å². The fraction of sp³-hybridized carbons (Fsp3) is 0.882. The van der Waals surface area contributed by atoms with Crippen LogP contribution in [0.25, 0.3) is 0 Å². The van der Waals surface area contributed by atoms with E-state index in [4.69, 9.17) is 0 Å². The standard InChI is InChI=1S/C5H9O.3C4H9.Sn/c1-3-4-5(2)6;3*1-3-4-2;/h4-6H,1-2H3;3*1,3-4H2,2H3;. The summed E-state index contributed by atoms with van der Waals surface area (Å²) in [7, 11) is 0. The molecular weight excluding hydrogens is 339 g/mol. The van der Waals surface area contributed by atoms with Crippen molar-refractivity contribution in [3.8, 4) is 0 Å². The maximum absolute atomic E-state index is 9.72. The molecule has 0 aliphatic carbocycles. The molecule has 19 heavy (non-hydrogen) atoms. The average Bonchev–Trinajstić information content (AvgIpc) is 2.37. The molecule has 0 rings (SSSR count). The predicted molar refractivity (Wildman–Crippen MR) is 90.3 cm³/mol. The van der Waals surface area contributed by atoms with Gasteiger partial charge in [0.25, 0.3) is 0 Å². The van der Waals surface area contributed by atoms with Gasteiger partial charge in [0, 0.05) is 0 Å². The van der Waals surface area contributed by atoms with Crippen LogP contribution in [0.3, 0.4) is 0 Å². The number of aliphatic hydroxyl groups is 1. The molecule has 0 aliphatic rings. The summed E-state index contributed by atoms with van der Waals surface area (Å²) in [5.41, 5.74) is 0. The van der Waals surface area contributed by atoms with Crippen molar-refractivity contribution in [1.29, 1.82) is 0 Å². The number of rotatable bonds is 11. The topological polar surface area (TPSA) is 20.2 Å². The molecule has 2 heteroatoms. The molecule has 0 aliphatic heterocycles. The van der Waals surface area contributed by atoms with Crippen LogP contribution in [0.4, 0.5) is 0 Å². The molecule has 1 N–H and O–H groups in total. The van der Waals surface area contributed by atoms with E-state index < -0.39 is 18.4 Å². The van der Waals surface area contributed by atoms with Crippen LogP contribution >= 0.6 is 0 Å². The molecule has 0 aromatic heterocycles. The summed E-state index contributed by atoms with van der Waals surface area (Å²) in [6.07, 6.45) is 10.1. The minimum absolute atomic E-state index is 0.263. The molecule has 0 heterocycles. The molecule has 0 saturated carbocycles. The van der Waals surface area contributed by atoms with Crippen LogP contribution in [-0.2, 0) is 0 Å². The SMILES string of the molecule is CCC[CH2][Sn]([CH2]CCC)([CH2]CCC)/[C](C)=C/C(C)O. The third-order valence-corrected chi connectivity index (χ3v) is 20.8. The first-order valence-electron chi connectivity index (χ1n) is 8.39. The van der Waals surface area contributed by atoms with Gasteiger partial charge < -0.3 is 0 Å². The molecule has 1 atom stereocenters. The van der Waals surface area contributed by atoms with E-state index in [0.29, 0.717) is 0 Å². The second-order valence-corrected chi connectivity index (χ2v) is 20.0. The molecular formula is C17H36OSn. The number of aliphatic hydroxyl groups excluding tert-OH is 1. The van der Waals surface area contributed by atoms with E-state index in [9.17, 15) is 5.11 Å². The van der Waals surface area contributed by atoms with Crippen LogP contribution in [0, 0.1) is 0 Å². The van der Waals surface area contributed by atoms with Crippen molar-refractivity contribution in [3.63, 3.8) is 0 Å². The van der Waals surface area contributed by atoms with Gasteiger partial charge in [-0.1, -0.05) is 0 Å². The maximum atomic E-state index is 9.72. The first-order chi connectivity index (χ1) is 9.02. The Kier molecular flexibility index (Phi) is 11.5. The van der Waals surface area contributed by atoms with Gasteiger partial charge in [0.1, 0.15) is 0 Å². The minimum atomic E-state index is -2.18. The van der Waals surface area contributed by atoms with E-state index in [1.165, 1.54) is 51.8 Å². The fourth-order valence-corrected chi connectivity index (χ4v) is 19.1. The van der Waals surface area contributed by atoms with E-state index in [-0.39, 0.29) is 6.10 Å². The molecule has 0 spiro atoms. The zero-order chi connectivity index (χ0) is 14.7. The van der Waals surface area contributed by atoms with Gasteiger partial charge >= 0.3 is 126 Å². The predicted octanol–water partition coefficient (Wildman–Crippen LogP) is 5.70. The first-order valence-corrected chi connectivity index (χ1v) is 15.9. The Labute approximate surface area is 125 Å². The Balaban J connectivity index is 5.06. The van der Waals surface area contributed by atoms with Gasteiger partial charge in [-0.25, -0.2) is 0 Å². The Morgan fingerprint density at radius 3 is 1.58 bits per heavy atom. The summed E-state index contributed by atoms with van der Waals surface area (Å²) in [6, 6.07) is 0. The molecule has 0 amide bonds. The van der Waals surface area contributed by atoms with Crippen molar-refractivity contribution in [2.75, 3.05) is 0 Å². The normalized spacial score (nSPS) is 14.7. The zero-order valence-electron chi connectivity index (χ0n) is 14.0.